The number of hydrogen-bond acceptors (Lipinski definition) is 4. The molecule has 5 rings (SSSR count). The van der Waals surface area contributed by atoms with Crippen molar-refractivity contribution in [3.63, 3.8) is 0 Å². The highest BCUT2D eigenvalue weighted by Crippen LogP contribution is 2.29. The number of rotatable bonds is 7. The number of aliphatic imine (C=N–C) groups is 1. The molecule has 4 aromatic rings. The Morgan fingerprint density at radius 3 is 2.60 bits per heavy atom. The molecule has 5 nitrogen and oxygen atoms in total. The van der Waals surface area contributed by atoms with Crippen molar-refractivity contribution in [3.8, 4) is 5.75 Å². The number of cyclic esters (lactones) is 1. The molecule has 1 aliphatic heterocycles. The van der Waals surface area contributed by atoms with Crippen molar-refractivity contribution in [2.75, 3.05) is 6.61 Å². The standard InChI is InChI=1S/C30H28N2O3/c1-20(2)24-14-13-21(3)17-28(24)34-16-15-32-19-23(25-11-7-8-12-27(25)32)18-26-30(33)35-29(31-26)22-9-5-4-6-10-22/h4-14,17-20H,15-16H2,1-3H3. The number of ether oxygens (including phenoxy) is 2. The van der Waals surface area contributed by atoms with Gasteiger partial charge in [-0.2, -0.15) is 0 Å². The van der Waals surface area contributed by atoms with Gasteiger partial charge in [0, 0.05) is 28.2 Å². The number of hydrogen-bond donors (Lipinski definition) is 0. The molecule has 0 atom stereocenters. The van der Waals surface area contributed by atoms with Crippen LogP contribution in [0.2, 0.25) is 0 Å². The van der Waals surface area contributed by atoms with Gasteiger partial charge in [-0.3, -0.25) is 0 Å². The van der Waals surface area contributed by atoms with Gasteiger partial charge in [-0.15, -0.1) is 0 Å². The first-order valence-corrected chi connectivity index (χ1v) is 11.9. The van der Waals surface area contributed by atoms with Crippen molar-refractivity contribution in [3.05, 3.63) is 107 Å². The number of fused-ring (bicyclic) bond motifs is 1. The molecular formula is C30H28N2O3. The van der Waals surface area contributed by atoms with Crippen LogP contribution in [-0.4, -0.2) is 23.0 Å². The molecule has 5 heteroatoms. The molecule has 0 spiro atoms. The Morgan fingerprint density at radius 2 is 1.80 bits per heavy atom. The van der Waals surface area contributed by atoms with Gasteiger partial charge in [-0.05, 0) is 54.3 Å². The molecule has 0 saturated heterocycles. The lowest BCUT2D eigenvalue weighted by Crippen LogP contribution is -2.09. The second-order valence-corrected chi connectivity index (χ2v) is 9.04. The minimum atomic E-state index is -0.440. The molecule has 35 heavy (non-hydrogen) atoms. The number of para-hydroxylation sites is 1. The number of esters is 1. The summed E-state index contributed by atoms with van der Waals surface area (Å²) < 4.78 is 13.8. The van der Waals surface area contributed by atoms with Gasteiger partial charge in [0.15, 0.2) is 5.70 Å². The van der Waals surface area contributed by atoms with Gasteiger partial charge in [-0.25, -0.2) is 9.79 Å². The van der Waals surface area contributed by atoms with E-state index in [-0.39, 0.29) is 0 Å². The Labute approximate surface area is 205 Å². The van der Waals surface area contributed by atoms with E-state index in [0.29, 0.717) is 30.7 Å². The number of aromatic nitrogens is 1. The molecule has 0 unspecified atom stereocenters. The molecule has 0 aliphatic carbocycles. The first-order chi connectivity index (χ1) is 17.0. The maximum absolute atomic E-state index is 12.5. The maximum Gasteiger partial charge on any atom is 0.363 e. The summed E-state index contributed by atoms with van der Waals surface area (Å²) in [7, 11) is 0. The quantitative estimate of drug-likeness (QED) is 0.232. The molecule has 0 saturated carbocycles. The number of carbonyl (C=O) groups is 1. The van der Waals surface area contributed by atoms with E-state index in [0.717, 1.165) is 27.8 Å². The summed E-state index contributed by atoms with van der Waals surface area (Å²) in [5.41, 5.74) is 5.47. The zero-order valence-corrected chi connectivity index (χ0v) is 20.2. The van der Waals surface area contributed by atoms with Crippen LogP contribution in [0.3, 0.4) is 0 Å². The Balaban J connectivity index is 1.40. The highest BCUT2D eigenvalue weighted by Gasteiger charge is 2.24. The van der Waals surface area contributed by atoms with E-state index in [1.807, 2.05) is 48.7 Å². The highest BCUT2D eigenvalue weighted by molar-refractivity contribution is 6.13. The van der Waals surface area contributed by atoms with E-state index >= 15 is 0 Å². The highest BCUT2D eigenvalue weighted by atomic mass is 16.6. The fourth-order valence-electron chi connectivity index (χ4n) is 4.33. The van der Waals surface area contributed by atoms with Gasteiger partial charge in [0.25, 0.3) is 0 Å². The second-order valence-electron chi connectivity index (χ2n) is 9.04. The van der Waals surface area contributed by atoms with Crippen molar-refractivity contribution in [2.45, 2.75) is 33.2 Å². The number of benzene rings is 3. The Hall–Kier alpha value is -4.12. The predicted octanol–water partition coefficient (Wildman–Crippen LogP) is 6.50. The van der Waals surface area contributed by atoms with Crippen molar-refractivity contribution in [1.82, 2.24) is 4.57 Å². The monoisotopic (exact) mass is 464 g/mol. The van der Waals surface area contributed by atoms with Crippen LogP contribution in [0.1, 0.15) is 42.0 Å². The lowest BCUT2D eigenvalue weighted by molar-refractivity contribution is -0.129. The smallest absolute Gasteiger partial charge is 0.363 e. The van der Waals surface area contributed by atoms with Crippen LogP contribution in [0, 0.1) is 6.92 Å². The fourth-order valence-corrected chi connectivity index (χ4v) is 4.33. The molecule has 1 aliphatic rings. The van der Waals surface area contributed by atoms with Crippen LogP contribution in [0.5, 0.6) is 5.75 Å². The molecular weight excluding hydrogens is 436 g/mol. The van der Waals surface area contributed by atoms with Gasteiger partial charge in [0.05, 0.1) is 6.54 Å². The van der Waals surface area contributed by atoms with Crippen LogP contribution in [0.25, 0.3) is 17.0 Å². The van der Waals surface area contributed by atoms with Crippen molar-refractivity contribution in [1.29, 1.82) is 0 Å². The predicted molar refractivity (Wildman–Crippen MR) is 140 cm³/mol. The third-order valence-corrected chi connectivity index (χ3v) is 6.13. The Bertz CT molecular complexity index is 1450. The minimum Gasteiger partial charge on any atom is -0.491 e. The molecule has 0 amide bonds. The van der Waals surface area contributed by atoms with Crippen molar-refractivity contribution >= 4 is 28.8 Å². The van der Waals surface area contributed by atoms with E-state index in [1.54, 1.807) is 6.08 Å². The first-order valence-electron chi connectivity index (χ1n) is 11.9. The molecule has 0 N–H and O–H groups in total. The summed E-state index contributed by atoms with van der Waals surface area (Å²) in [6.07, 6.45) is 3.85. The summed E-state index contributed by atoms with van der Waals surface area (Å²) in [5.74, 6) is 1.22. The average Bonchev–Trinajstić information content (AvgIpc) is 3.40. The van der Waals surface area contributed by atoms with Crippen LogP contribution < -0.4 is 4.74 Å². The van der Waals surface area contributed by atoms with E-state index in [4.69, 9.17) is 9.47 Å². The lowest BCUT2D eigenvalue weighted by atomic mass is 10.0. The van der Waals surface area contributed by atoms with E-state index in [9.17, 15) is 4.79 Å². The van der Waals surface area contributed by atoms with Crippen LogP contribution in [-0.2, 0) is 16.1 Å². The molecule has 0 bridgehead atoms. The summed E-state index contributed by atoms with van der Waals surface area (Å²) in [6.45, 7) is 7.65. The van der Waals surface area contributed by atoms with Crippen LogP contribution in [0.15, 0.2) is 89.7 Å². The minimum absolute atomic E-state index is 0.296. The lowest BCUT2D eigenvalue weighted by Gasteiger charge is -2.15. The molecule has 0 radical (unpaired) electrons. The number of aryl methyl sites for hydroxylation is 1. The third kappa shape index (κ3) is 4.76. The first kappa shape index (κ1) is 22.7. The average molecular weight is 465 g/mol. The van der Waals surface area contributed by atoms with E-state index < -0.39 is 5.97 Å². The second kappa shape index (κ2) is 9.63. The summed E-state index contributed by atoms with van der Waals surface area (Å²) in [4.78, 5) is 17.0. The van der Waals surface area contributed by atoms with E-state index in [2.05, 4.69) is 60.7 Å². The SMILES string of the molecule is Cc1ccc(C(C)C)c(OCCn2cc(C=C3N=C(c4ccccc4)OC3=O)c3ccccc32)c1. The molecule has 3 aromatic carbocycles. The zero-order chi connectivity index (χ0) is 24.4. The summed E-state index contributed by atoms with van der Waals surface area (Å²) >= 11 is 0. The van der Waals surface area contributed by atoms with Gasteiger partial charge >= 0.3 is 5.97 Å². The molecule has 1 aromatic heterocycles. The maximum atomic E-state index is 12.5. The number of nitrogens with zero attached hydrogens (tertiary/aromatic N) is 2. The van der Waals surface area contributed by atoms with Gasteiger partial charge < -0.3 is 14.0 Å². The summed E-state index contributed by atoms with van der Waals surface area (Å²) in [5, 5.41) is 1.05. The van der Waals surface area contributed by atoms with Gasteiger partial charge in [0.1, 0.15) is 12.4 Å². The number of carbonyl (C=O) groups excluding carboxylic acids is 1. The fraction of sp³-hybridized carbons (Fsp3) is 0.200. The van der Waals surface area contributed by atoms with Gasteiger partial charge in [-0.1, -0.05) is 62.4 Å². The third-order valence-electron chi connectivity index (χ3n) is 6.13. The molecule has 0 fully saturated rings. The largest absolute Gasteiger partial charge is 0.491 e. The Morgan fingerprint density at radius 1 is 1.03 bits per heavy atom. The molecule has 176 valence electrons. The summed E-state index contributed by atoms with van der Waals surface area (Å²) in [6, 6.07) is 24.0. The molecule has 2 heterocycles. The van der Waals surface area contributed by atoms with Gasteiger partial charge in [0.2, 0.25) is 5.90 Å². The topological polar surface area (TPSA) is 52.8 Å². The Kier molecular flexibility index (Phi) is 6.23. The normalized spacial score (nSPS) is 14.6. The van der Waals surface area contributed by atoms with E-state index in [1.165, 1.54) is 11.1 Å². The zero-order valence-electron chi connectivity index (χ0n) is 20.2. The van der Waals surface area contributed by atoms with Crippen molar-refractivity contribution < 1.29 is 14.3 Å². The van der Waals surface area contributed by atoms with Crippen molar-refractivity contribution in [2.24, 2.45) is 4.99 Å². The van der Waals surface area contributed by atoms with Crippen LogP contribution in [0.4, 0.5) is 0 Å². The van der Waals surface area contributed by atoms with Crippen LogP contribution >= 0.6 is 0 Å².